The number of halogens is 2. The highest BCUT2D eigenvalue weighted by molar-refractivity contribution is 5.48. The molecule has 3 aromatic rings. The van der Waals surface area contributed by atoms with Crippen molar-refractivity contribution in [3.05, 3.63) is 82.5 Å². The summed E-state index contributed by atoms with van der Waals surface area (Å²) in [5.74, 6) is -0.254. The second-order valence-corrected chi connectivity index (χ2v) is 6.61. The minimum atomic E-state index is -0.464. The van der Waals surface area contributed by atoms with Gasteiger partial charge >= 0.3 is 5.69 Å². The predicted molar refractivity (Wildman–Crippen MR) is 103 cm³/mol. The van der Waals surface area contributed by atoms with Crippen LogP contribution in [0.1, 0.15) is 5.56 Å². The molecule has 0 atom stereocenters. The van der Waals surface area contributed by atoms with E-state index in [0.29, 0.717) is 37.7 Å². The molecular weight excluding hydrogens is 364 g/mol. The Kier molecular flexibility index (Phi) is 5.01. The minimum Gasteiger partial charge on any atom is -0.368 e. The highest BCUT2D eigenvalue weighted by Gasteiger charge is 2.20. The van der Waals surface area contributed by atoms with Gasteiger partial charge in [-0.25, -0.2) is 18.6 Å². The smallest absolute Gasteiger partial charge is 0.352 e. The fourth-order valence-corrected chi connectivity index (χ4v) is 3.24. The molecule has 1 aliphatic heterocycles. The molecule has 0 bridgehead atoms. The Morgan fingerprint density at radius 1 is 0.893 bits per heavy atom. The molecule has 0 radical (unpaired) electrons. The summed E-state index contributed by atoms with van der Waals surface area (Å²) in [7, 11) is 0. The molecule has 1 aromatic heterocycles. The van der Waals surface area contributed by atoms with E-state index in [1.807, 2.05) is 4.90 Å². The van der Waals surface area contributed by atoms with Gasteiger partial charge in [0.2, 0.25) is 5.95 Å². The first-order chi connectivity index (χ1) is 13.6. The number of anilines is 2. The van der Waals surface area contributed by atoms with E-state index in [0.717, 1.165) is 5.69 Å². The summed E-state index contributed by atoms with van der Waals surface area (Å²) in [6.45, 7) is 2.81. The quantitative estimate of drug-likeness (QED) is 0.692. The Morgan fingerprint density at radius 3 is 2.25 bits per heavy atom. The molecule has 1 fully saturated rings. The Bertz CT molecular complexity index is 1010. The summed E-state index contributed by atoms with van der Waals surface area (Å²) in [6.07, 6.45) is 1.41. The summed E-state index contributed by atoms with van der Waals surface area (Å²) in [5.41, 5.74) is 0.908. The van der Waals surface area contributed by atoms with E-state index < -0.39 is 5.69 Å². The van der Waals surface area contributed by atoms with Crippen LogP contribution in [0, 0.1) is 11.6 Å². The Morgan fingerprint density at radius 2 is 1.57 bits per heavy atom. The van der Waals surface area contributed by atoms with Crippen molar-refractivity contribution in [3.63, 3.8) is 0 Å². The molecule has 6 nitrogen and oxygen atoms in total. The first-order valence-corrected chi connectivity index (χ1v) is 9.02. The molecule has 28 heavy (non-hydrogen) atoms. The van der Waals surface area contributed by atoms with Gasteiger partial charge in [-0.2, -0.15) is 4.98 Å². The van der Waals surface area contributed by atoms with Gasteiger partial charge in [0.1, 0.15) is 18.0 Å². The summed E-state index contributed by atoms with van der Waals surface area (Å²) >= 11 is 0. The average molecular weight is 383 g/mol. The van der Waals surface area contributed by atoms with E-state index in [-0.39, 0.29) is 18.2 Å². The Balaban J connectivity index is 1.43. The average Bonchev–Trinajstić information content (AvgIpc) is 2.72. The molecular formula is C20H19F2N5O. The first-order valence-electron chi connectivity index (χ1n) is 9.02. The topological polar surface area (TPSA) is 54.3 Å². The third kappa shape index (κ3) is 3.85. The third-order valence-electron chi connectivity index (χ3n) is 4.81. The maximum absolute atomic E-state index is 13.8. The SMILES string of the molecule is O=c1nc(N2CCN(c3ccc(F)cc3)CC2)ncn1Cc1ccccc1F. The summed E-state index contributed by atoms with van der Waals surface area (Å²) < 4.78 is 28.1. The fraction of sp³-hybridized carbons (Fsp3) is 0.250. The van der Waals surface area contributed by atoms with Gasteiger partial charge < -0.3 is 9.80 Å². The molecule has 8 heteroatoms. The number of aromatic nitrogens is 3. The van der Waals surface area contributed by atoms with Gasteiger partial charge in [-0.05, 0) is 30.3 Å². The predicted octanol–water partition coefficient (Wildman–Crippen LogP) is 2.29. The highest BCUT2D eigenvalue weighted by Crippen LogP contribution is 2.18. The molecule has 1 aliphatic rings. The number of piperazine rings is 1. The third-order valence-corrected chi connectivity index (χ3v) is 4.81. The number of hydrogen-bond donors (Lipinski definition) is 0. The maximum atomic E-state index is 13.8. The zero-order valence-corrected chi connectivity index (χ0v) is 15.1. The van der Waals surface area contributed by atoms with Gasteiger partial charge in [0.05, 0.1) is 6.54 Å². The van der Waals surface area contributed by atoms with Crippen molar-refractivity contribution in [3.8, 4) is 0 Å². The molecule has 0 N–H and O–H groups in total. The molecule has 0 unspecified atom stereocenters. The van der Waals surface area contributed by atoms with Gasteiger partial charge in [0, 0.05) is 37.4 Å². The monoisotopic (exact) mass is 383 g/mol. The van der Waals surface area contributed by atoms with Crippen molar-refractivity contribution in [1.29, 1.82) is 0 Å². The van der Waals surface area contributed by atoms with E-state index in [2.05, 4.69) is 14.9 Å². The second-order valence-electron chi connectivity index (χ2n) is 6.61. The Labute approximate surface area is 160 Å². The van der Waals surface area contributed by atoms with E-state index >= 15 is 0 Å². The van der Waals surface area contributed by atoms with E-state index in [1.54, 1.807) is 30.3 Å². The van der Waals surface area contributed by atoms with Crippen molar-refractivity contribution in [2.75, 3.05) is 36.0 Å². The zero-order chi connectivity index (χ0) is 19.5. The van der Waals surface area contributed by atoms with Crippen LogP contribution in [0.5, 0.6) is 0 Å². The lowest BCUT2D eigenvalue weighted by Crippen LogP contribution is -2.47. The minimum absolute atomic E-state index is 0.0874. The lowest BCUT2D eigenvalue weighted by Gasteiger charge is -2.36. The highest BCUT2D eigenvalue weighted by atomic mass is 19.1. The largest absolute Gasteiger partial charge is 0.368 e. The van der Waals surface area contributed by atoms with Crippen LogP contribution in [0.15, 0.2) is 59.7 Å². The molecule has 4 rings (SSSR count). The van der Waals surface area contributed by atoms with Crippen LogP contribution in [0.3, 0.4) is 0 Å². The summed E-state index contributed by atoms with van der Waals surface area (Å²) in [6, 6.07) is 12.7. The van der Waals surface area contributed by atoms with Crippen LogP contribution >= 0.6 is 0 Å². The van der Waals surface area contributed by atoms with Crippen LogP contribution in [0.4, 0.5) is 20.4 Å². The zero-order valence-electron chi connectivity index (χ0n) is 15.1. The van der Waals surface area contributed by atoms with Crippen LogP contribution in [0.2, 0.25) is 0 Å². The number of hydrogen-bond acceptors (Lipinski definition) is 5. The van der Waals surface area contributed by atoms with Crippen LogP contribution < -0.4 is 15.5 Å². The van der Waals surface area contributed by atoms with Gasteiger partial charge in [-0.15, -0.1) is 0 Å². The van der Waals surface area contributed by atoms with Crippen molar-refractivity contribution in [2.24, 2.45) is 0 Å². The van der Waals surface area contributed by atoms with Gasteiger partial charge in [-0.3, -0.25) is 4.57 Å². The summed E-state index contributed by atoms with van der Waals surface area (Å²) in [4.78, 5) is 24.8. The van der Waals surface area contributed by atoms with Crippen LogP contribution in [0.25, 0.3) is 0 Å². The van der Waals surface area contributed by atoms with E-state index in [4.69, 9.17) is 0 Å². The fourth-order valence-electron chi connectivity index (χ4n) is 3.24. The molecule has 0 saturated carbocycles. The number of rotatable bonds is 4. The van der Waals surface area contributed by atoms with Crippen molar-refractivity contribution in [1.82, 2.24) is 14.5 Å². The van der Waals surface area contributed by atoms with Gasteiger partial charge in [0.25, 0.3) is 0 Å². The first kappa shape index (κ1) is 18.1. The van der Waals surface area contributed by atoms with E-state index in [1.165, 1.54) is 29.1 Å². The molecule has 2 heterocycles. The van der Waals surface area contributed by atoms with Crippen LogP contribution in [-0.2, 0) is 6.54 Å². The molecule has 0 aliphatic carbocycles. The molecule has 1 saturated heterocycles. The Hall–Kier alpha value is -3.29. The maximum Gasteiger partial charge on any atom is 0.352 e. The molecule has 2 aromatic carbocycles. The molecule has 0 spiro atoms. The van der Waals surface area contributed by atoms with E-state index in [9.17, 15) is 13.6 Å². The normalized spacial score (nSPS) is 14.4. The second kappa shape index (κ2) is 7.75. The standard InChI is InChI=1S/C20H19F2N5O/c21-16-5-7-17(8-6-16)25-9-11-26(12-10-25)19-23-14-27(20(28)24-19)13-15-3-1-2-4-18(15)22/h1-8,14H,9-13H2. The van der Waals surface area contributed by atoms with Crippen molar-refractivity contribution < 1.29 is 8.78 Å². The molecule has 144 valence electrons. The lowest BCUT2D eigenvalue weighted by atomic mass is 10.2. The van der Waals surface area contributed by atoms with Gasteiger partial charge in [-0.1, -0.05) is 18.2 Å². The van der Waals surface area contributed by atoms with Crippen molar-refractivity contribution in [2.45, 2.75) is 6.54 Å². The van der Waals surface area contributed by atoms with Crippen molar-refractivity contribution >= 4 is 11.6 Å². The number of nitrogens with zero attached hydrogens (tertiary/aromatic N) is 5. The van der Waals surface area contributed by atoms with Crippen LogP contribution in [-0.4, -0.2) is 40.7 Å². The van der Waals surface area contributed by atoms with Gasteiger partial charge in [0.15, 0.2) is 0 Å². The summed E-state index contributed by atoms with van der Waals surface area (Å²) in [5, 5.41) is 0. The lowest BCUT2D eigenvalue weighted by molar-refractivity contribution is 0.585. The number of benzene rings is 2. The molecule has 0 amide bonds.